The highest BCUT2D eigenvalue weighted by Crippen LogP contribution is 2.06. The first-order valence-electron chi connectivity index (χ1n) is 4.91. The number of rotatable bonds is 2. The highest BCUT2D eigenvalue weighted by molar-refractivity contribution is 6.98. The molecule has 0 aliphatic heterocycles. The summed E-state index contributed by atoms with van der Waals surface area (Å²) in [6.45, 7) is 8.05. The Balaban J connectivity index is -0.000000233. The average Bonchev–Trinajstić information content (AvgIpc) is 2.93. The van der Waals surface area contributed by atoms with E-state index in [-0.39, 0.29) is 22.3 Å². The third kappa shape index (κ3) is 8.30. The van der Waals surface area contributed by atoms with E-state index in [1.54, 1.807) is 0 Å². The van der Waals surface area contributed by atoms with E-state index < -0.39 is 0 Å². The third-order valence-electron chi connectivity index (χ3n) is 1.66. The van der Waals surface area contributed by atoms with Gasteiger partial charge in [-0.15, -0.1) is 5.10 Å². The van der Waals surface area contributed by atoms with Gasteiger partial charge in [0.25, 0.3) is 0 Å². The number of nitrogens with zero attached hydrogens (tertiary/aromatic N) is 6. The Hall–Kier alpha value is -1.44. The molecule has 0 radical (unpaired) electrons. The Morgan fingerprint density at radius 3 is 1.68 bits per heavy atom. The molecule has 0 spiro atoms. The normalized spacial score (nSPS) is 8.74. The van der Waals surface area contributed by atoms with Crippen LogP contribution in [0.1, 0.15) is 73.5 Å². The molecule has 0 unspecified atom stereocenters. The highest BCUT2D eigenvalue weighted by Gasteiger charge is 2.03. The Bertz CT molecular complexity index is 336. The predicted octanol–water partition coefficient (Wildman–Crippen LogP) is 3.55. The lowest BCUT2D eigenvalue weighted by Crippen LogP contribution is -1.88. The first-order chi connectivity index (χ1) is 7.61. The van der Waals surface area contributed by atoms with E-state index in [1.807, 2.05) is 27.7 Å². The van der Waals surface area contributed by atoms with Crippen molar-refractivity contribution in [3.63, 3.8) is 0 Å². The summed E-state index contributed by atoms with van der Waals surface area (Å²) in [6.07, 6.45) is 0. The maximum absolute atomic E-state index is 4.26. The van der Waals surface area contributed by atoms with Crippen LogP contribution in [-0.4, -0.2) is 29.5 Å². The summed E-state index contributed by atoms with van der Waals surface area (Å²) >= 11 is 1.16. The summed E-state index contributed by atoms with van der Waals surface area (Å²) in [4.78, 5) is 0. The van der Waals surface area contributed by atoms with Crippen LogP contribution in [0, 0.1) is 0 Å². The maximum Gasteiger partial charge on any atom is 0.199 e. The summed E-state index contributed by atoms with van der Waals surface area (Å²) in [6, 6.07) is 0. The summed E-state index contributed by atoms with van der Waals surface area (Å²) in [5.41, 5.74) is 0. The second-order valence-electron chi connectivity index (χ2n) is 3.73. The molecule has 0 bridgehead atoms. The molecule has 0 amide bonds. The van der Waals surface area contributed by atoms with Crippen molar-refractivity contribution in [2.75, 3.05) is 0 Å². The Morgan fingerprint density at radius 1 is 0.895 bits per heavy atom. The molecule has 0 saturated heterocycles. The minimum Gasteiger partial charge on any atom is -0.222 e. The smallest absolute Gasteiger partial charge is 0.199 e. The largest absolute Gasteiger partial charge is 0.222 e. The molecule has 0 atom stereocenters. The van der Waals surface area contributed by atoms with Gasteiger partial charge in [-0.1, -0.05) is 59.6 Å². The van der Waals surface area contributed by atoms with Gasteiger partial charge in [-0.3, -0.25) is 0 Å². The van der Waals surface area contributed by atoms with Crippen LogP contribution in [0.3, 0.4) is 0 Å². The molecule has 0 aromatic carbocycles. The molecule has 112 valence electrons. The molecular formula is C11H26N6OS. The van der Waals surface area contributed by atoms with Gasteiger partial charge in [0.15, 0.2) is 11.6 Å². The number of aromatic nitrogens is 6. The minimum atomic E-state index is 0. The van der Waals surface area contributed by atoms with Gasteiger partial charge in [0.05, 0.1) is 17.0 Å². The third-order valence-corrected chi connectivity index (χ3v) is 2.08. The van der Waals surface area contributed by atoms with Crippen LogP contribution in [0.5, 0.6) is 0 Å². The Labute approximate surface area is 120 Å². The molecule has 0 aliphatic rings. The molecule has 0 aliphatic carbocycles. The van der Waals surface area contributed by atoms with Crippen LogP contribution >= 0.6 is 11.7 Å². The van der Waals surface area contributed by atoms with Gasteiger partial charge in [-0.05, 0) is 5.16 Å². The SMILES string of the molecule is C.C.C.CC(C)c1nnon1.CC(C)c1nnsn1. The molecule has 0 fully saturated rings. The van der Waals surface area contributed by atoms with Crippen molar-refractivity contribution in [1.29, 1.82) is 0 Å². The lowest BCUT2D eigenvalue weighted by Gasteiger charge is -1.90. The Morgan fingerprint density at radius 2 is 1.47 bits per heavy atom. The van der Waals surface area contributed by atoms with Crippen molar-refractivity contribution < 1.29 is 4.63 Å². The van der Waals surface area contributed by atoms with E-state index in [0.29, 0.717) is 17.7 Å². The lowest BCUT2D eigenvalue weighted by molar-refractivity contribution is 0.290. The predicted molar refractivity (Wildman–Crippen MR) is 78.2 cm³/mol. The van der Waals surface area contributed by atoms with Crippen molar-refractivity contribution >= 4 is 11.7 Å². The Kier molecular flexibility index (Phi) is 13.9. The fraction of sp³-hybridized carbons (Fsp3) is 0.818. The molecule has 2 rings (SSSR count). The van der Waals surface area contributed by atoms with E-state index in [0.717, 1.165) is 17.6 Å². The van der Waals surface area contributed by atoms with Crippen LogP contribution in [0.25, 0.3) is 0 Å². The lowest BCUT2D eigenvalue weighted by atomic mass is 10.2. The molecular weight excluding hydrogens is 264 g/mol. The zero-order valence-electron chi connectivity index (χ0n) is 9.65. The van der Waals surface area contributed by atoms with E-state index in [4.69, 9.17) is 0 Å². The van der Waals surface area contributed by atoms with Crippen molar-refractivity contribution in [3.05, 3.63) is 11.6 Å². The zero-order valence-corrected chi connectivity index (χ0v) is 10.5. The molecule has 7 nitrogen and oxygen atoms in total. The quantitative estimate of drug-likeness (QED) is 0.835. The summed E-state index contributed by atoms with van der Waals surface area (Å²) in [5.74, 6) is 2.22. The van der Waals surface area contributed by atoms with Crippen LogP contribution in [0.2, 0.25) is 0 Å². The van der Waals surface area contributed by atoms with E-state index in [9.17, 15) is 0 Å². The highest BCUT2D eigenvalue weighted by atomic mass is 32.1. The molecule has 0 N–H and O–H groups in total. The van der Waals surface area contributed by atoms with Gasteiger partial charge >= 0.3 is 0 Å². The van der Waals surface area contributed by atoms with Gasteiger partial charge < -0.3 is 0 Å². The molecule has 8 heteroatoms. The summed E-state index contributed by atoms with van der Waals surface area (Å²) in [7, 11) is 0. The summed E-state index contributed by atoms with van der Waals surface area (Å²) < 4.78 is 11.8. The van der Waals surface area contributed by atoms with E-state index in [1.165, 1.54) is 0 Å². The number of hydrogen-bond donors (Lipinski definition) is 0. The molecule has 2 aromatic rings. The fourth-order valence-electron chi connectivity index (χ4n) is 0.719. The van der Waals surface area contributed by atoms with Gasteiger partial charge in [0.2, 0.25) is 0 Å². The molecule has 0 saturated carbocycles. The van der Waals surface area contributed by atoms with Crippen molar-refractivity contribution in [1.82, 2.24) is 29.5 Å². The summed E-state index contributed by atoms with van der Waals surface area (Å²) in [5, 5.41) is 14.1. The van der Waals surface area contributed by atoms with E-state index in [2.05, 4.69) is 34.1 Å². The van der Waals surface area contributed by atoms with Crippen molar-refractivity contribution in [3.8, 4) is 0 Å². The van der Waals surface area contributed by atoms with Gasteiger partial charge in [-0.25, -0.2) is 4.63 Å². The van der Waals surface area contributed by atoms with Crippen LogP contribution < -0.4 is 0 Å². The maximum atomic E-state index is 4.26. The van der Waals surface area contributed by atoms with Crippen molar-refractivity contribution in [2.45, 2.75) is 61.8 Å². The monoisotopic (exact) mass is 290 g/mol. The first-order valence-corrected chi connectivity index (χ1v) is 5.64. The van der Waals surface area contributed by atoms with Gasteiger partial charge in [-0.2, -0.15) is 4.37 Å². The van der Waals surface area contributed by atoms with Crippen LogP contribution in [0.4, 0.5) is 0 Å². The number of hydrogen-bond acceptors (Lipinski definition) is 8. The average molecular weight is 290 g/mol. The standard InChI is InChI=1S/C4H7N3O.C4H7N3S.3CH4/c2*1-3(2)4-5-7-8-6-4;;;/h2*3H,1-2H3;3*1H4. The van der Waals surface area contributed by atoms with Gasteiger partial charge in [0, 0.05) is 11.8 Å². The topological polar surface area (TPSA) is 90.5 Å². The van der Waals surface area contributed by atoms with E-state index >= 15 is 0 Å². The fourth-order valence-corrected chi connectivity index (χ4v) is 1.21. The second kappa shape index (κ2) is 11.6. The van der Waals surface area contributed by atoms with Gasteiger partial charge in [0.1, 0.15) is 0 Å². The van der Waals surface area contributed by atoms with Crippen LogP contribution in [0.15, 0.2) is 4.63 Å². The molecule has 19 heavy (non-hydrogen) atoms. The minimum absolute atomic E-state index is 0. The van der Waals surface area contributed by atoms with Crippen LogP contribution in [-0.2, 0) is 0 Å². The zero-order chi connectivity index (χ0) is 12.0. The second-order valence-corrected chi connectivity index (χ2v) is 4.24. The molecule has 2 heterocycles. The van der Waals surface area contributed by atoms with Crippen molar-refractivity contribution in [2.24, 2.45) is 0 Å². The molecule has 2 aromatic heterocycles. The first kappa shape index (κ1) is 22.7.